The number of hydrazine groups is 1. The number of nitrogens with zero attached hydrogens (tertiary/aromatic N) is 1. The molecule has 1 aliphatic heterocycles. The predicted octanol–water partition coefficient (Wildman–Crippen LogP) is 2.27. The standard InChI is InChI=1S/C15H15N3O3/c19-18(20)14-10-16-17-15(14)11-5-4-8-13(9-11)21-12-6-2-1-3-7-12/h1-9,14-17H,10H2. The Hall–Kier alpha value is -2.44. The Bertz CT molecular complexity index is 633. The Morgan fingerprint density at radius 2 is 1.86 bits per heavy atom. The van der Waals surface area contributed by atoms with E-state index in [1.807, 2.05) is 54.6 Å². The van der Waals surface area contributed by atoms with Crippen LogP contribution in [-0.4, -0.2) is 17.5 Å². The number of hydrogen-bond acceptors (Lipinski definition) is 5. The lowest BCUT2D eigenvalue weighted by Gasteiger charge is -2.14. The quantitative estimate of drug-likeness (QED) is 0.665. The van der Waals surface area contributed by atoms with Crippen molar-refractivity contribution in [2.75, 3.05) is 6.54 Å². The maximum absolute atomic E-state index is 11.1. The van der Waals surface area contributed by atoms with E-state index in [0.29, 0.717) is 12.3 Å². The molecule has 0 aromatic heterocycles. The van der Waals surface area contributed by atoms with Crippen molar-refractivity contribution in [3.63, 3.8) is 0 Å². The molecule has 0 radical (unpaired) electrons. The highest BCUT2D eigenvalue weighted by Gasteiger charge is 2.37. The lowest BCUT2D eigenvalue weighted by Crippen LogP contribution is -2.29. The molecule has 0 saturated carbocycles. The average Bonchev–Trinajstić information content (AvgIpc) is 2.98. The van der Waals surface area contributed by atoms with Gasteiger partial charge in [-0.25, -0.2) is 5.43 Å². The molecule has 0 aliphatic carbocycles. The van der Waals surface area contributed by atoms with E-state index in [9.17, 15) is 10.1 Å². The van der Waals surface area contributed by atoms with Gasteiger partial charge < -0.3 is 4.74 Å². The highest BCUT2D eigenvalue weighted by Crippen LogP contribution is 2.27. The largest absolute Gasteiger partial charge is 0.457 e. The topological polar surface area (TPSA) is 76.4 Å². The Kier molecular flexibility index (Phi) is 3.81. The third kappa shape index (κ3) is 3.01. The van der Waals surface area contributed by atoms with E-state index in [0.717, 1.165) is 11.3 Å². The maximum atomic E-state index is 11.1. The molecule has 2 N–H and O–H groups in total. The lowest BCUT2D eigenvalue weighted by atomic mass is 10.0. The molecule has 21 heavy (non-hydrogen) atoms. The van der Waals surface area contributed by atoms with Gasteiger partial charge in [0.05, 0.1) is 6.54 Å². The molecule has 6 heteroatoms. The molecule has 6 nitrogen and oxygen atoms in total. The summed E-state index contributed by atoms with van der Waals surface area (Å²) in [4.78, 5) is 10.8. The van der Waals surface area contributed by atoms with E-state index in [1.165, 1.54) is 0 Å². The first-order valence-electron chi connectivity index (χ1n) is 6.69. The van der Waals surface area contributed by atoms with Crippen LogP contribution in [0.15, 0.2) is 54.6 Å². The molecule has 2 unspecified atom stereocenters. The highest BCUT2D eigenvalue weighted by atomic mass is 16.6. The number of nitro groups is 1. The van der Waals surface area contributed by atoms with Crippen LogP contribution in [0.1, 0.15) is 11.6 Å². The van der Waals surface area contributed by atoms with Gasteiger partial charge in [-0.3, -0.25) is 15.5 Å². The van der Waals surface area contributed by atoms with Gasteiger partial charge in [0.1, 0.15) is 17.5 Å². The Morgan fingerprint density at radius 3 is 2.62 bits per heavy atom. The summed E-state index contributed by atoms with van der Waals surface area (Å²) in [6, 6.07) is 15.7. The van der Waals surface area contributed by atoms with Gasteiger partial charge in [-0.1, -0.05) is 30.3 Å². The number of para-hydroxylation sites is 1. The van der Waals surface area contributed by atoms with Gasteiger partial charge in [0.2, 0.25) is 6.04 Å². The van der Waals surface area contributed by atoms with Crippen molar-refractivity contribution >= 4 is 0 Å². The third-order valence-corrected chi connectivity index (χ3v) is 3.42. The summed E-state index contributed by atoms with van der Waals surface area (Å²) in [5.41, 5.74) is 6.62. The second-order valence-corrected chi connectivity index (χ2v) is 4.84. The van der Waals surface area contributed by atoms with E-state index in [2.05, 4.69) is 10.9 Å². The second-order valence-electron chi connectivity index (χ2n) is 4.84. The van der Waals surface area contributed by atoms with E-state index in [1.54, 1.807) is 0 Å². The van der Waals surface area contributed by atoms with Gasteiger partial charge >= 0.3 is 0 Å². The first-order chi connectivity index (χ1) is 10.2. The van der Waals surface area contributed by atoms with Crippen molar-refractivity contribution in [3.05, 3.63) is 70.3 Å². The molecule has 3 rings (SSSR count). The number of nitrogens with one attached hydrogen (secondary N) is 2. The van der Waals surface area contributed by atoms with Gasteiger partial charge in [-0.05, 0) is 29.8 Å². The summed E-state index contributed by atoms with van der Waals surface area (Å²) in [6.07, 6.45) is 0. The van der Waals surface area contributed by atoms with Crippen molar-refractivity contribution in [2.24, 2.45) is 0 Å². The van der Waals surface area contributed by atoms with Gasteiger partial charge in [0.15, 0.2) is 0 Å². The fourth-order valence-corrected chi connectivity index (χ4v) is 2.39. The minimum absolute atomic E-state index is 0.262. The Labute approximate surface area is 121 Å². The average molecular weight is 285 g/mol. The summed E-state index contributed by atoms with van der Waals surface area (Å²) >= 11 is 0. The van der Waals surface area contributed by atoms with Crippen LogP contribution in [0.4, 0.5) is 0 Å². The van der Waals surface area contributed by atoms with Crippen LogP contribution < -0.4 is 15.6 Å². The second kappa shape index (κ2) is 5.90. The van der Waals surface area contributed by atoms with Gasteiger partial charge in [-0.15, -0.1) is 0 Å². The fraction of sp³-hybridized carbons (Fsp3) is 0.200. The molecule has 1 fully saturated rings. The maximum Gasteiger partial charge on any atom is 0.247 e. The van der Waals surface area contributed by atoms with Crippen LogP contribution in [0.3, 0.4) is 0 Å². The lowest BCUT2D eigenvalue weighted by molar-refractivity contribution is -0.520. The van der Waals surface area contributed by atoms with Crippen molar-refractivity contribution < 1.29 is 9.66 Å². The summed E-state index contributed by atoms with van der Waals surface area (Å²) in [6.45, 7) is 0.307. The van der Waals surface area contributed by atoms with Crippen LogP contribution in [0, 0.1) is 10.1 Å². The number of rotatable bonds is 4. The highest BCUT2D eigenvalue weighted by molar-refractivity contribution is 5.35. The molecule has 108 valence electrons. The van der Waals surface area contributed by atoms with Crippen LogP contribution in [-0.2, 0) is 0 Å². The van der Waals surface area contributed by atoms with Crippen molar-refractivity contribution in [1.82, 2.24) is 10.9 Å². The van der Waals surface area contributed by atoms with E-state index < -0.39 is 6.04 Å². The van der Waals surface area contributed by atoms with Crippen LogP contribution in [0.5, 0.6) is 11.5 Å². The van der Waals surface area contributed by atoms with Crippen molar-refractivity contribution in [1.29, 1.82) is 0 Å². The third-order valence-electron chi connectivity index (χ3n) is 3.42. The van der Waals surface area contributed by atoms with Gasteiger partial charge in [0.25, 0.3) is 0 Å². The summed E-state index contributed by atoms with van der Waals surface area (Å²) in [7, 11) is 0. The summed E-state index contributed by atoms with van der Waals surface area (Å²) < 4.78 is 5.76. The first-order valence-corrected chi connectivity index (χ1v) is 6.69. The summed E-state index contributed by atoms with van der Waals surface area (Å²) in [5.74, 6) is 1.40. The molecular weight excluding hydrogens is 270 g/mol. The molecule has 2 atom stereocenters. The Morgan fingerprint density at radius 1 is 1.10 bits per heavy atom. The molecule has 1 heterocycles. The minimum atomic E-state index is -0.683. The molecule has 2 aromatic carbocycles. The fourth-order valence-electron chi connectivity index (χ4n) is 2.39. The normalized spacial score (nSPS) is 21.1. The molecule has 1 aliphatic rings. The minimum Gasteiger partial charge on any atom is -0.457 e. The molecular formula is C15H15N3O3. The van der Waals surface area contributed by atoms with Crippen molar-refractivity contribution in [2.45, 2.75) is 12.1 Å². The predicted molar refractivity (Wildman–Crippen MR) is 77.6 cm³/mol. The van der Waals surface area contributed by atoms with Gasteiger partial charge in [-0.2, -0.15) is 0 Å². The summed E-state index contributed by atoms with van der Waals surface area (Å²) in [5, 5.41) is 11.1. The first kappa shape index (κ1) is 13.5. The van der Waals surface area contributed by atoms with Crippen LogP contribution in [0.2, 0.25) is 0 Å². The molecule has 1 saturated heterocycles. The SMILES string of the molecule is O=[N+]([O-])C1CNNC1c1cccc(Oc2ccccc2)c1. The van der Waals surface area contributed by atoms with Crippen molar-refractivity contribution in [3.8, 4) is 11.5 Å². The molecule has 0 amide bonds. The zero-order valence-corrected chi connectivity index (χ0v) is 11.2. The van der Waals surface area contributed by atoms with E-state index in [-0.39, 0.29) is 11.0 Å². The number of ether oxygens (including phenoxy) is 1. The monoisotopic (exact) mass is 285 g/mol. The zero-order valence-electron chi connectivity index (χ0n) is 11.2. The molecule has 0 bridgehead atoms. The van der Waals surface area contributed by atoms with E-state index >= 15 is 0 Å². The van der Waals surface area contributed by atoms with Crippen LogP contribution in [0.25, 0.3) is 0 Å². The van der Waals surface area contributed by atoms with E-state index in [4.69, 9.17) is 4.74 Å². The smallest absolute Gasteiger partial charge is 0.247 e. The van der Waals surface area contributed by atoms with Gasteiger partial charge in [0, 0.05) is 4.92 Å². The molecule has 0 spiro atoms. The van der Waals surface area contributed by atoms with Crippen LogP contribution >= 0.6 is 0 Å². The zero-order chi connectivity index (χ0) is 14.7. The Balaban J connectivity index is 1.81. The molecule has 2 aromatic rings. The number of hydrogen-bond donors (Lipinski definition) is 2. The number of benzene rings is 2.